The van der Waals surface area contributed by atoms with Gasteiger partial charge in [0.05, 0.1) is 11.2 Å². The fourth-order valence-corrected chi connectivity index (χ4v) is 1.70. The molecular formula is C12H11NO. The summed E-state index contributed by atoms with van der Waals surface area (Å²) in [6.07, 6.45) is 1.69. The molecule has 0 atom stereocenters. The molecule has 0 amide bonds. The second-order valence-electron chi connectivity index (χ2n) is 3.92. The zero-order chi connectivity index (χ0) is 9.60. The third-order valence-electron chi connectivity index (χ3n) is 2.80. The summed E-state index contributed by atoms with van der Waals surface area (Å²) in [6, 6.07) is 11.9. The van der Waals surface area contributed by atoms with Gasteiger partial charge in [0, 0.05) is 5.39 Å². The molecule has 1 N–H and O–H groups in total. The number of pyridine rings is 1. The number of aromatic nitrogens is 1. The highest BCUT2D eigenvalue weighted by Crippen LogP contribution is 2.44. The van der Waals surface area contributed by atoms with Crippen molar-refractivity contribution in [3.8, 4) is 0 Å². The van der Waals surface area contributed by atoms with Crippen LogP contribution in [0.4, 0.5) is 0 Å². The maximum Gasteiger partial charge on any atom is 0.107 e. The SMILES string of the molecule is OC1(c2ccc3ccccc3n2)CC1. The van der Waals surface area contributed by atoms with Crippen LogP contribution in [0.25, 0.3) is 10.9 Å². The smallest absolute Gasteiger partial charge is 0.107 e. The lowest BCUT2D eigenvalue weighted by Crippen LogP contribution is -2.06. The van der Waals surface area contributed by atoms with Crippen LogP contribution in [-0.4, -0.2) is 10.1 Å². The van der Waals surface area contributed by atoms with Crippen molar-refractivity contribution in [2.24, 2.45) is 0 Å². The van der Waals surface area contributed by atoms with Gasteiger partial charge in [0.2, 0.25) is 0 Å². The molecule has 1 fully saturated rings. The van der Waals surface area contributed by atoms with Crippen molar-refractivity contribution in [3.63, 3.8) is 0 Å². The van der Waals surface area contributed by atoms with Crippen molar-refractivity contribution in [2.45, 2.75) is 18.4 Å². The predicted molar refractivity (Wildman–Crippen MR) is 54.9 cm³/mol. The molecule has 2 nitrogen and oxygen atoms in total. The summed E-state index contributed by atoms with van der Waals surface area (Å²) >= 11 is 0. The molecule has 1 saturated carbocycles. The van der Waals surface area contributed by atoms with Crippen LogP contribution >= 0.6 is 0 Å². The van der Waals surface area contributed by atoms with Crippen LogP contribution in [0.5, 0.6) is 0 Å². The third kappa shape index (κ3) is 1.11. The van der Waals surface area contributed by atoms with Gasteiger partial charge in [0.25, 0.3) is 0 Å². The first-order valence-corrected chi connectivity index (χ1v) is 4.87. The van der Waals surface area contributed by atoms with E-state index in [1.807, 2.05) is 36.4 Å². The van der Waals surface area contributed by atoms with Gasteiger partial charge in [-0.2, -0.15) is 0 Å². The minimum Gasteiger partial charge on any atom is -0.384 e. The number of hydrogen-bond donors (Lipinski definition) is 1. The fourth-order valence-electron chi connectivity index (χ4n) is 1.70. The van der Waals surface area contributed by atoms with Crippen LogP contribution in [0.2, 0.25) is 0 Å². The van der Waals surface area contributed by atoms with Gasteiger partial charge in [0.1, 0.15) is 5.60 Å². The summed E-state index contributed by atoms with van der Waals surface area (Å²) < 4.78 is 0. The molecule has 0 unspecified atom stereocenters. The first kappa shape index (κ1) is 7.94. The van der Waals surface area contributed by atoms with Crippen LogP contribution in [0.15, 0.2) is 36.4 Å². The Morgan fingerprint density at radius 2 is 1.86 bits per heavy atom. The van der Waals surface area contributed by atoms with Gasteiger partial charge in [-0.1, -0.05) is 24.3 Å². The first-order valence-electron chi connectivity index (χ1n) is 4.87. The highest BCUT2D eigenvalue weighted by atomic mass is 16.3. The minimum absolute atomic E-state index is 0.621. The third-order valence-corrected chi connectivity index (χ3v) is 2.80. The molecule has 0 radical (unpaired) electrons. The van der Waals surface area contributed by atoms with E-state index in [0.29, 0.717) is 0 Å². The quantitative estimate of drug-likeness (QED) is 0.739. The Kier molecular flexibility index (Phi) is 1.45. The van der Waals surface area contributed by atoms with E-state index < -0.39 is 5.60 Å². The van der Waals surface area contributed by atoms with Crippen LogP contribution < -0.4 is 0 Å². The lowest BCUT2D eigenvalue weighted by Gasteiger charge is -2.07. The second-order valence-corrected chi connectivity index (χ2v) is 3.92. The molecule has 0 spiro atoms. The van der Waals surface area contributed by atoms with Crippen molar-refractivity contribution in [1.82, 2.24) is 4.98 Å². The van der Waals surface area contributed by atoms with Crippen molar-refractivity contribution >= 4 is 10.9 Å². The lowest BCUT2D eigenvalue weighted by atomic mass is 10.1. The summed E-state index contributed by atoms with van der Waals surface area (Å²) in [5.74, 6) is 0. The van der Waals surface area contributed by atoms with Crippen LogP contribution in [0.1, 0.15) is 18.5 Å². The zero-order valence-electron chi connectivity index (χ0n) is 7.77. The number of rotatable bonds is 1. The van der Waals surface area contributed by atoms with E-state index in [2.05, 4.69) is 4.98 Å². The summed E-state index contributed by atoms with van der Waals surface area (Å²) in [5.41, 5.74) is 1.16. The normalized spacial score (nSPS) is 18.4. The molecule has 2 heteroatoms. The Bertz CT molecular complexity index is 488. The number of hydrogen-bond acceptors (Lipinski definition) is 2. The summed E-state index contributed by atoms with van der Waals surface area (Å²) in [6.45, 7) is 0. The number of aliphatic hydroxyl groups is 1. The second kappa shape index (κ2) is 2.55. The largest absolute Gasteiger partial charge is 0.384 e. The van der Waals surface area contributed by atoms with Gasteiger partial charge in [-0.15, -0.1) is 0 Å². The summed E-state index contributed by atoms with van der Waals surface area (Å²) in [5, 5.41) is 11.0. The molecule has 1 aromatic carbocycles. The number of nitrogens with zero attached hydrogens (tertiary/aromatic N) is 1. The van der Waals surface area contributed by atoms with Gasteiger partial charge < -0.3 is 5.11 Å². The Balaban J connectivity index is 2.20. The number of para-hydroxylation sites is 1. The van der Waals surface area contributed by atoms with Gasteiger partial charge in [-0.3, -0.25) is 0 Å². The average molecular weight is 185 g/mol. The molecule has 0 aliphatic heterocycles. The maximum absolute atomic E-state index is 9.90. The molecule has 1 heterocycles. The van der Waals surface area contributed by atoms with E-state index in [4.69, 9.17) is 0 Å². The monoisotopic (exact) mass is 185 g/mol. The Morgan fingerprint density at radius 1 is 1.07 bits per heavy atom. The standard InChI is InChI=1S/C12H11NO/c14-12(7-8-12)11-6-5-9-3-1-2-4-10(9)13-11/h1-6,14H,7-8H2. The molecular weight excluding hydrogens is 174 g/mol. The Hall–Kier alpha value is -1.41. The Morgan fingerprint density at radius 3 is 2.64 bits per heavy atom. The molecule has 3 rings (SSSR count). The van der Waals surface area contributed by atoms with Gasteiger partial charge in [-0.25, -0.2) is 4.98 Å². The average Bonchev–Trinajstić information content (AvgIpc) is 2.97. The topological polar surface area (TPSA) is 33.1 Å². The molecule has 0 saturated heterocycles. The van der Waals surface area contributed by atoms with Crippen molar-refractivity contribution in [2.75, 3.05) is 0 Å². The fraction of sp³-hybridized carbons (Fsp3) is 0.250. The predicted octanol–water partition coefficient (Wildman–Crippen LogP) is 2.22. The van der Waals surface area contributed by atoms with E-state index in [-0.39, 0.29) is 0 Å². The van der Waals surface area contributed by atoms with Crippen molar-refractivity contribution < 1.29 is 5.11 Å². The van der Waals surface area contributed by atoms with E-state index in [9.17, 15) is 5.11 Å². The molecule has 2 aromatic rings. The molecule has 70 valence electrons. The minimum atomic E-state index is -0.621. The van der Waals surface area contributed by atoms with Crippen LogP contribution in [-0.2, 0) is 5.60 Å². The van der Waals surface area contributed by atoms with Crippen molar-refractivity contribution in [1.29, 1.82) is 0 Å². The lowest BCUT2D eigenvalue weighted by molar-refractivity contribution is 0.147. The Labute approximate surface area is 82.2 Å². The van der Waals surface area contributed by atoms with Gasteiger partial charge in [-0.05, 0) is 25.0 Å². The first-order chi connectivity index (χ1) is 6.78. The van der Waals surface area contributed by atoms with Crippen molar-refractivity contribution in [3.05, 3.63) is 42.1 Å². The van der Waals surface area contributed by atoms with E-state index in [0.717, 1.165) is 29.4 Å². The highest BCUT2D eigenvalue weighted by Gasteiger charge is 2.43. The van der Waals surface area contributed by atoms with Crippen LogP contribution in [0, 0.1) is 0 Å². The molecule has 1 aliphatic rings. The van der Waals surface area contributed by atoms with Crippen LogP contribution in [0.3, 0.4) is 0 Å². The van der Waals surface area contributed by atoms with E-state index in [1.54, 1.807) is 0 Å². The number of fused-ring (bicyclic) bond motifs is 1. The van der Waals surface area contributed by atoms with Gasteiger partial charge >= 0.3 is 0 Å². The summed E-state index contributed by atoms with van der Waals surface area (Å²) in [4.78, 5) is 4.46. The molecule has 14 heavy (non-hydrogen) atoms. The maximum atomic E-state index is 9.90. The molecule has 0 bridgehead atoms. The van der Waals surface area contributed by atoms with Gasteiger partial charge in [0.15, 0.2) is 0 Å². The number of benzene rings is 1. The zero-order valence-corrected chi connectivity index (χ0v) is 7.77. The van der Waals surface area contributed by atoms with E-state index in [1.165, 1.54) is 0 Å². The molecule has 1 aliphatic carbocycles. The molecule has 1 aromatic heterocycles. The van der Waals surface area contributed by atoms with E-state index >= 15 is 0 Å². The highest BCUT2D eigenvalue weighted by molar-refractivity contribution is 5.78. The summed E-state index contributed by atoms with van der Waals surface area (Å²) in [7, 11) is 0.